The summed E-state index contributed by atoms with van der Waals surface area (Å²) in [7, 11) is 0. The number of hydrogen-bond acceptors (Lipinski definition) is 7. The summed E-state index contributed by atoms with van der Waals surface area (Å²) in [5, 5.41) is 9.95. The van der Waals surface area contributed by atoms with Crippen LogP contribution >= 0.6 is 0 Å². The number of benzene rings is 3. The van der Waals surface area contributed by atoms with Gasteiger partial charge in [0, 0.05) is 11.5 Å². The predicted molar refractivity (Wildman–Crippen MR) is 117 cm³/mol. The molecule has 7 heteroatoms. The number of Topliss-reactive ketones (excluding diaryl/α,β-unsaturated/α-hetero) is 1. The maximum Gasteiger partial charge on any atom is 0.312 e. The van der Waals surface area contributed by atoms with Crippen LogP contribution in [0.2, 0.25) is 0 Å². The van der Waals surface area contributed by atoms with E-state index in [1.807, 2.05) is 12.1 Å². The third-order valence-corrected chi connectivity index (χ3v) is 5.92. The average molecular weight is 442 g/mol. The van der Waals surface area contributed by atoms with Crippen molar-refractivity contribution >= 4 is 17.8 Å². The van der Waals surface area contributed by atoms with Gasteiger partial charge >= 0.3 is 5.97 Å². The molecule has 0 spiro atoms. The summed E-state index contributed by atoms with van der Waals surface area (Å²) >= 11 is 0. The summed E-state index contributed by atoms with van der Waals surface area (Å²) in [6.07, 6.45) is 1.73. The fraction of sp³-hybridized carbons (Fsp3) is 0.154. The summed E-state index contributed by atoms with van der Waals surface area (Å²) in [4.78, 5) is 25.4. The third-order valence-electron chi connectivity index (χ3n) is 5.92. The van der Waals surface area contributed by atoms with Crippen molar-refractivity contribution in [3.63, 3.8) is 0 Å². The molecule has 1 unspecified atom stereocenters. The maximum atomic E-state index is 13.1. The minimum Gasteiger partial charge on any atom is -0.508 e. The average Bonchev–Trinajstić information content (AvgIpc) is 3.13. The highest BCUT2D eigenvalue weighted by Gasteiger charge is 2.38. The first-order valence-corrected chi connectivity index (χ1v) is 10.6. The zero-order valence-electron chi connectivity index (χ0n) is 17.4. The second kappa shape index (κ2) is 7.41. The Morgan fingerprint density at radius 1 is 0.879 bits per heavy atom. The standard InChI is InChI=1S/C26H18O7/c27-16-3-1-2-15(12-16)18-13-23(28)32-20-7-5-17-25(29)22(33-26(17)24(18)20)11-14-4-6-19-21(10-14)31-9-8-30-19/h1-7,10-12,18,27H,8-9,13H2/b22-11-. The second-order valence-electron chi connectivity index (χ2n) is 8.02. The van der Waals surface area contributed by atoms with Crippen molar-refractivity contribution in [2.24, 2.45) is 0 Å². The van der Waals surface area contributed by atoms with Crippen molar-refractivity contribution in [1.29, 1.82) is 0 Å². The van der Waals surface area contributed by atoms with Gasteiger partial charge in [-0.1, -0.05) is 18.2 Å². The van der Waals surface area contributed by atoms with E-state index in [9.17, 15) is 14.7 Å². The van der Waals surface area contributed by atoms with Crippen molar-refractivity contribution in [2.75, 3.05) is 13.2 Å². The molecule has 33 heavy (non-hydrogen) atoms. The molecule has 3 aliphatic heterocycles. The molecule has 0 saturated carbocycles. The number of phenolic OH excluding ortho intramolecular Hbond substituents is 1. The Hall–Kier alpha value is -4.26. The molecular formula is C26H18O7. The van der Waals surface area contributed by atoms with E-state index in [1.54, 1.807) is 48.5 Å². The van der Waals surface area contributed by atoms with Gasteiger partial charge in [0.2, 0.25) is 5.78 Å². The summed E-state index contributed by atoms with van der Waals surface area (Å²) in [6.45, 7) is 0.968. The molecule has 0 bridgehead atoms. The van der Waals surface area contributed by atoms with Gasteiger partial charge in [0.25, 0.3) is 0 Å². The molecule has 7 nitrogen and oxygen atoms in total. The van der Waals surface area contributed by atoms with Crippen molar-refractivity contribution < 1.29 is 33.6 Å². The molecule has 1 atom stereocenters. The minimum absolute atomic E-state index is 0.0751. The van der Waals surface area contributed by atoms with Crippen molar-refractivity contribution in [3.8, 4) is 28.7 Å². The highest BCUT2D eigenvalue weighted by atomic mass is 16.6. The van der Waals surface area contributed by atoms with Crippen LogP contribution in [-0.4, -0.2) is 30.1 Å². The molecule has 6 rings (SSSR count). The van der Waals surface area contributed by atoms with Gasteiger partial charge in [-0.2, -0.15) is 0 Å². The van der Waals surface area contributed by atoms with Crippen LogP contribution in [-0.2, 0) is 4.79 Å². The molecule has 0 amide bonds. The van der Waals surface area contributed by atoms with E-state index in [0.717, 1.165) is 11.1 Å². The summed E-state index contributed by atoms with van der Waals surface area (Å²) in [5.74, 6) is 1.22. The van der Waals surface area contributed by atoms with Crippen LogP contribution in [0.4, 0.5) is 0 Å². The first-order chi connectivity index (χ1) is 16.1. The molecule has 0 radical (unpaired) electrons. The number of fused-ring (bicyclic) bond motifs is 4. The Balaban J connectivity index is 1.42. The van der Waals surface area contributed by atoms with Gasteiger partial charge in [-0.3, -0.25) is 9.59 Å². The number of ether oxygens (including phenoxy) is 4. The number of carbonyl (C=O) groups is 2. The van der Waals surface area contributed by atoms with Crippen LogP contribution in [0.3, 0.4) is 0 Å². The van der Waals surface area contributed by atoms with E-state index in [1.165, 1.54) is 0 Å². The lowest BCUT2D eigenvalue weighted by molar-refractivity contribution is -0.135. The van der Waals surface area contributed by atoms with Gasteiger partial charge in [0.1, 0.15) is 30.5 Å². The van der Waals surface area contributed by atoms with Crippen molar-refractivity contribution in [3.05, 3.63) is 82.6 Å². The van der Waals surface area contributed by atoms with Gasteiger partial charge in [0.15, 0.2) is 17.3 Å². The van der Waals surface area contributed by atoms with E-state index in [2.05, 4.69) is 0 Å². The lowest BCUT2D eigenvalue weighted by atomic mass is 9.84. The first-order valence-electron chi connectivity index (χ1n) is 10.6. The Morgan fingerprint density at radius 2 is 1.70 bits per heavy atom. The maximum absolute atomic E-state index is 13.1. The minimum atomic E-state index is -0.412. The predicted octanol–water partition coefficient (Wildman–Crippen LogP) is 4.22. The van der Waals surface area contributed by atoms with Crippen LogP contribution in [0, 0.1) is 0 Å². The van der Waals surface area contributed by atoms with Crippen LogP contribution in [0.5, 0.6) is 28.7 Å². The number of phenols is 1. The summed E-state index contributed by atoms with van der Waals surface area (Å²) in [6, 6.07) is 15.4. The van der Waals surface area contributed by atoms with E-state index in [-0.39, 0.29) is 29.7 Å². The SMILES string of the molecule is O=C1CC(c2cccc(O)c2)c2c(ccc3c2O/C(=C\c2ccc4c(c2)OCCO4)C3=O)O1. The molecule has 3 aromatic carbocycles. The van der Waals surface area contributed by atoms with Crippen LogP contribution in [0.25, 0.3) is 6.08 Å². The fourth-order valence-corrected chi connectivity index (χ4v) is 4.43. The molecular weight excluding hydrogens is 424 g/mol. The number of carbonyl (C=O) groups excluding carboxylic acids is 2. The number of rotatable bonds is 2. The molecule has 0 fully saturated rings. The molecule has 3 aliphatic rings. The first kappa shape index (κ1) is 19.4. The van der Waals surface area contributed by atoms with Crippen molar-refractivity contribution in [1.82, 2.24) is 0 Å². The van der Waals surface area contributed by atoms with Crippen LogP contribution < -0.4 is 18.9 Å². The van der Waals surface area contributed by atoms with Gasteiger partial charge < -0.3 is 24.1 Å². The Morgan fingerprint density at radius 3 is 2.55 bits per heavy atom. The van der Waals surface area contributed by atoms with Gasteiger partial charge in [-0.05, 0) is 53.6 Å². The highest BCUT2D eigenvalue weighted by Crippen LogP contribution is 2.49. The summed E-state index contributed by atoms with van der Waals surface area (Å²) < 4.78 is 22.7. The topological polar surface area (TPSA) is 91.3 Å². The quantitative estimate of drug-likeness (QED) is 0.361. The molecule has 3 heterocycles. The zero-order chi connectivity index (χ0) is 22.5. The lowest BCUT2D eigenvalue weighted by Crippen LogP contribution is -2.21. The molecule has 164 valence electrons. The number of ketones is 1. The van der Waals surface area contributed by atoms with Crippen LogP contribution in [0.15, 0.2) is 60.4 Å². The van der Waals surface area contributed by atoms with Gasteiger partial charge in [0.05, 0.1) is 12.0 Å². The van der Waals surface area contributed by atoms with Crippen LogP contribution in [0.1, 0.15) is 39.4 Å². The molecule has 0 aliphatic carbocycles. The number of aromatic hydroxyl groups is 1. The Bertz CT molecular complexity index is 1350. The smallest absolute Gasteiger partial charge is 0.312 e. The second-order valence-corrected chi connectivity index (χ2v) is 8.02. The third kappa shape index (κ3) is 3.29. The van der Waals surface area contributed by atoms with Crippen molar-refractivity contribution in [2.45, 2.75) is 12.3 Å². The molecule has 3 aromatic rings. The summed E-state index contributed by atoms with van der Waals surface area (Å²) in [5.41, 5.74) is 2.50. The molecule has 0 aromatic heterocycles. The Labute approximate surface area is 188 Å². The van der Waals surface area contributed by atoms with E-state index in [0.29, 0.717) is 47.3 Å². The zero-order valence-corrected chi connectivity index (χ0v) is 17.4. The monoisotopic (exact) mass is 442 g/mol. The molecule has 1 N–H and O–H groups in total. The van der Waals surface area contributed by atoms with Gasteiger partial charge in [-0.15, -0.1) is 0 Å². The largest absolute Gasteiger partial charge is 0.508 e. The normalized spacial score (nSPS) is 19.5. The van der Waals surface area contributed by atoms with E-state index >= 15 is 0 Å². The number of esters is 1. The highest BCUT2D eigenvalue weighted by molar-refractivity contribution is 6.15. The fourth-order valence-electron chi connectivity index (χ4n) is 4.43. The number of hydrogen-bond donors (Lipinski definition) is 1. The lowest BCUT2D eigenvalue weighted by Gasteiger charge is -2.26. The van der Waals surface area contributed by atoms with E-state index in [4.69, 9.17) is 18.9 Å². The Kier molecular flexibility index (Phi) is 4.36. The van der Waals surface area contributed by atoms with E-state index < -0.39 is 5.92 Å². The molecule has 0 saturated heterocycles. The van der Waals surface area contributed by atoms with Gasteiger partial charge in [-0.25, -0.2) is 0 Å². The number of allylic oxidation sites excluding steroid dienone is 1.